The number of halogens is 2. The Labute approximate surface area is 197 Å². The third-order valence-electron chi connectivity index (χ3n) is 5.14. The van der Waals surface area contributed by atoms with E-state index in [0.717, 1.165) is 17.0 Å². The molecule has 0 bridgehead atoms. The molecule has 0 saturated heterocycles. The van der Waals surface area contributed by atoms with Crippen LogP contribution in [0.5, 0.6) is 5.75 Å². The minimum absolute atomic E-state index is 0.000635. The topological polar surface area (TPSA) is 41.6 Å². The predicted molar refractivity (Wildman–Crippen MR) is 130 cm³/mol. The lowest BCUT2D eigenvalue weighted by atomic mass is 9.91. The van der Waals surface area contributed by atoms with Gasteiger partial charge in [-0.3, -0.25) is 4.79 Å². The lowest BCUT2D eigenvalue weighted by Crippen LogP contribution is -2.32. The molecule has 1 aliphatic carbocycles. The van der Waals surface area contributed by atoms with Gasteiger partial charge in [0.15, 0.2) is 5.75 Å². The minimum atomic E-state index is -0.277. The number of amides is 1. The fraction of sp³-hybridized carbons (Fsp3) is 0.240. The Hall–Kier alpha value is -2.70. The van der Waals surface area contributed by atoms with Gasteiger partial charge in [-0.1, -0.05) is 42.8 Å². The van der Waals surface area contributed by atoms with Crippen molar-refractivity contribution in [3.05, 3.63) is 101 Å². The maximum absolute atomic E-state index is 13.4. The fourth-order valence-electron chi connectivity index (χ4n) is 3.51. The summed E-state index contributed by atoms with van der Waals surface area (Å²) in [4.78, 5) is 20.1. The van der Waals surface area contributed by atoms with Crippen molar-refractivity contribution in [1.82, 2.24) is 10.4 Å². The number of nitrogens with one attached hydrogen (secondary N) is 1. The minimum Gasteiger partial charge on any atom is -0.379 e. The van der Waals surface area contributed by atoms with E-state index in [1.807, 2.05) is 37.4 Å². The fourth-order valence-corrected chi connectivity index (χ4v) is 4.65. The summed E-state index contributed by atoms with van der Waals surface area (Å²) >= 11 is 7.58. The first-order chi connectivity index (χ1) is 15.4. The van der Waals surface area contributed by atoms with Gasteiger partial charge in [0.1, 0.15) is 11.2 Å². The number of carbonyl (C=O) groups excluding carboxylic acids is 1. The Morgan fingerprint density at radius 3 is 2.59 bits per heavy atom. The molecular formula is C25H26ClFN2O2S. The zero-order chi connectivity index (χ0) is 23.1. The van der Waals surface area contributed by atoms with Crippen LogP contribution >= 0.6 is 23.4 Å². The van der Waals surface area contributed by atoms with E-state index in [9.17, 15) is 9.18 Å². The van der Waals surface area contributed by atoms with Crippen molar-refractivity contribution in [1.29, 1.82) is 0 Å². The Balaban J connectivity index is 1.72. The van der Waals surface area contributed by atoms with E-state index in [0.29, 0.717) is 22.8 Å². The van der Waals surface area contributed by atoms with Crippen molar-refractivity contribution >= 4 is 29.3 Å². The molecule has 0 spiro atoms. The van der Waals surface area contributed by atoms with E-state index in [1.165, 1.54) is 12.1 Å². The summed E-state index contributed by atoms with van der Waals surface area (Å²) in [5.41, 5.74) is 5.24. The van der Waals surface area contributed by atoms with Crippen LogP contribution in [0.15, 0.2) is 84.6 Å². The van der Waals surface area contributed by atoms with Gasteiger partial charge in [-0.2, -0.15) is 5.48 Å². The molecular weight excluding hydrogens is 447 g/mol. The van der Waals surface area contributed by atoms with Crippen molar-refractivity contribution in [3.63, 3.8) is 0 Å². The van der Waals surface area contributed by atoms with E-state index in [-0.39, 0.29) is 23.0 Å². The van der Waals surface area contributed by atoms with E-state index < -0.39 is 0 Å². The van der Waals surface area contributed by atoms with E-state index in [2.05, 4.69) is 23.9 Å². The molecule has 0 saturated carbocycles. The molecule has 32 heavy (non-hydrogen) atoms. The molecule has 1 aliphatic rings. The summed E-state index contributed by atoms with van der Waals surface area (Å²) < 4.78 is 13.4. The van der Waals surface area contributed by atoms with E-state index in [1.54, 1.807) is 36.0 Å². The lowest BCUT2D eigenvalue weighted by Gasteiger charge is -2.36. The standard InChI is InChI=1S/C25H26ClFN2O2S/c1-4-15-32-25(18-5-10-21(27)11-6-18)29(3)23-14-7-19(16-17(23)2)24(30)28-31-22-12-8-20(26)9-13-22/h4-14,17,25H,1,15-16H2,2-3H3,(H,28,30). The Kier molecular flexibility index (Phi) is 8.42. The maximum atomic E-state index is 13.4. The quantitative estimate of drug-likeness (QED) is 0.264. The number of nitrogens with zero attached hydrogens (tertiary/aromatic N) is 1. The average molecular weight is 473 g/mol. The number of hydrogen-bond acceptors (Lipinski definition) is 4. The number of hydrogen-bond donors (Lipinski definition) is 1. The zero-order valence-corrected chi connectivity index (χ0v) is 19.6. The van der Waals surface area contributed by atoms with Crippen LogP contribution in [0, 0.1) is 11.7 Å². The average Bonchev–Trinajstić information content (AvgIpc) is 2.79. The van der Waals surface area contributed by atoms with Crippen molar-refractivity contribution in [2.45, 2.75) is 18.7 Å². The largest absolute Gasteiger partial charge is 0.379 e. The van der Waals surface area contributed by atoms with Crippen molar-refractivity contribution in [2.24, 2.45) is 5.92 Å². The van der Waals surface area contributed by atoms with Gasteiger partial charge in [-0.15, -0.1) is 18.3 Å². The molecule has 2 aromatic rings. The molecule has 3 rings (SSSR count). The zero-order valence-electron chi connectivity index (χ0n) is 18.1. The number of allylic oxidation sites excluding steroid dienone is 3. The predicted octanol–water partition coefficient (Wildman–Crippen LogP) is 6.29. The molecule has 0 fully saturated rings. The van der Waals surface area contributed by atoms with Gasteiger partial charge in [0, 0.05) is 35.0 Å². The highest BCUT2D eigenvalue weighted by atomic mass is 35.5. The molecule has 7 heteroatoms. The van der Waals surface area contributed by atoms with Gasteiger partial charge >= 0.3 is 0 Å². The third kappa shape index (κ3) is 6.17. The molecule has 2 unspecified atom stereocenters. The van der Waals surface area contributed by atoms with Gasteiger partial charge in [-0.25, -0.2) is 4.39 Å². The normalized spacial score (nSPS) is 16.4. The monoisotopic (exact) mass is 472 g/mol. The molecule has 0 aromatic heterocycles. The smallest absolute Gasteiger partial charge is 0.279 e. The second kappa shape index (κ2) is 11.2. The van der Waals surface area contributed by atoms with Crippen LogP contribution in [-0.2, 0) is 4.79 Å². The second-order valence-corrected chi connectivity index (χ2v) is 9.06. The van der Waals surface area contributed by atoms with Gasteiger partial charge < -0.3 is 9.74 Å². The van der Waals surface area contributed by atoms with E-state index in [4.69, 9.17) is 16.4 Å². The SMILES string of the molecule is C=CCSC(c1ccc(F)cc1)N(C)C1=CC=C(C(=O)NOc2ccc(Cl)cc2)CC1C. The molecule has 2 atom stereocenters. The van der Waals surface area contributed by atoms with Crippen LogP contribution in [0.1, 0.15) is 24.3 Å². The number of hydroxylamine groups is 1. The van der Waals surface area contributed by atoms with Crippen LogP contribution < -0.4 is 10.3 Å². The number of thioether (sulfide) groups is 1. The summed E-state index contributed by atoms with van der Waals surface area (Å²) in [6.45, 7) is 5.90. The summed E-state index contributed by atoms with van der Waals surface area (Å²) in [5.74, 6) is 0.854. The molecule has 0 heterocycles. The first-order valence-corrected chi connectivity index (χ1v) is 11.7. The summed E-state index contributed by atoms with van der Waals surface area (Å²) in [6.07, 6.45) is 6.23. The van der Waals surface area contributed by atoms with Crippen LogP contribution in [0.25, 0.3) is 0 Å². The highest BCUT2D eigenvalue weighted by Gasteiger charge is 2.26. The summed E-state index contributed by atoms with van der Waals surface area (Å²) in [5, 5.41) is 0.596. The molecule has 0 aliphatic heterocycles. The van der Waals surface area contributed by atoms with Gasteiger partial charge in [0.25, 0.3) is 5.91 Å². The van der Waals surface area contributed by atoms with Gasteiger partial charge in [0.05, 0.1) is 0 Å². The molecule has 0 radical (unpaired) electrons. The first-order valence-electron chi connectivity index (χ1n) is 10.2. The Morgan fingerprint density at radius 2 is 1.97 bits per heavy atom. The molecule has 1 N–H and O–H groups in total. The molecule has 2 aromatic carbocycles. The van der Waals surface area contributed by atoms with Crippen LogP contribution in [0.2, 0.25) is 5.02 Å². The Bertz CT molecular complexity index is 1010. The van der Waals surface area contributed by atoms with E-state index >= 15 is 0 Å². The lowest BCUT2D eigenvalue weighted by molar-refractivity contribution is -0.124. The second-order valence-electron chi connectivity index (χ2n) is 7.51. The highest BCUT2D eigenvalue weighted by Crippen LogP contribution is 2.38. The van der Waals surface area contributed by atoms with Crippen molar-refractivity contribution in [3.8, 4) is 5.75 Å². The van der Waals surface area contributed by atoms with Crippen molar-refractivity contribution in [2.75, 3.05) is 12.8 Å². The molecule has 4 nitrogen and oxygen atoms in total. The van der Waals surface area contributed by atoms with Crippen LogP contribution in [-0.4, -0.2) is 23.6 Å². The van der Waals surface area contributed by atoms with Gasteiger partial charge in [0.2, 0.25) is 0 Å². The maximum Gasteiger partial charge on any atom is 0.279 e. The van der Waals surface area contributed by atoms with Crippen LogP contribution in [0.4, 0.5) is 4.39 Å². The summed E-state index contributed by atoms with van der Waals surface area (Å²) in [6, 6.07) is 13.3. The Morgan fingerprint density at radius 1 is 1.28 bits per heavy atom. The summed E-state index contributed by atoms with van der Waals surface area (Å²) in [7, 11) is 2.02. The first kappa shape index (κ1) is 24.0. The highest BCUT2D eigenvalue weighted by molar-refractivity contribution is 7.99. The molecule has 1 amide bonds. The number of rotatable bonds is 9. The van der Waals surface area contributed by atoms with Crippen LogP contribution in [0.3, 0.4) is 0 Å². The van der Waals surface area contributed by atoms with Crippen molar-refractivity contribution < 1.29 is 14.0 Å². The number of carbonyl (C=O) groups is 1. The molecule has 168 valence electrons. The van der Waals surface area contributed by atoms with Gasteiger partial charge in [-0.05, 0) is 54.5 Å². The third-order valence-corrected chi connectivity index (χ3v) is 6.72. The number of benzene rings is 2.